The van der Waals surface area contributed by atoms with Crippen LogP contribution in [0.15, 0.2) is 15.9 Å². The van der Waals surface area contributed by atoms with Gasteiger partial charge in [0.25, 0.3) is 0 Å². The van der Waals surface area contributed by atoms with E-state index in [1.54, 1.807) is 11.3 Å². The van der Waals surface area contributed by atoms with Crippen LogP contribution in [0.2, 0.25) is 0 Å². The van der Waals surface area contributed by atoms with Crippen molar-refractivity contribution in [2.75, 3.05) is 7.11 Å². The van der Waals surface area contributed by atoms with E-state index in [0.29, 0.717) is 0 Å². The molecule has 1 nitrogen and oxygen atoms in total. The van der Waals surface area contributed by atoms with E-state index in [1.807, 2.05) is 0 Å². The highest BCUT2D eigenvalue weighted by Crippen LogP contribution is 2.20. The molecule has 0 radical (unpaired) electrons. The average Bonchev–Trinajstić information content (AvgIpc) is 2.23. The Morgan fingerprint density at radius 2 is 2.11 bits per heavy atom. The highest BCUT2D eigenvalue weighted by Gasteiger charge is 1.89. The normalized spacial score (nSPS) is 8.00. The zero-order valence-corrected chi connectivity index (χ0v) is 7.79. The highest BCUT2D eigenvalue weighted by atomic mass is 79.9. The minimum atomic E-state index is 1.00. The maximum absolute atomic E-state index is 7.00. The molecule has 1 rings (SSSR count). The summed E-state index contributed by atoms with van der Waals surface area (Å²) in [7, 11) is 1.00. The lowest BCUT2D eigenvalue weighted by molar-refractivity contribution is 0.399. The second-order valence-corrected chi connectivity index (χ2v) is 3.30. The van der Waals surface area contributed by atoms with Crippen LogP contribution in [0.25, 0.3) is 0 Å². The number of aliphatic hydroxyl groups is 1. The standard InChI is InChI=1S/C5H5BrS.CH4O/c1-4-5(6)2-3-7-4;1-2/h2-3H,1H3;2H,1H3. The molecule has 0 aliphatic heterocycles. The fourth-order valence-electron chi connectivity index (χ4n) is 0.369. The summed E-state index contributed by atoms with van der Waals surface area (Å²) in [5.41, 5.74) is 0. The van der Waals surface area contributed by atoms with Crippen molar-refractivity contribution >= 4 is 27.3 Å². The molecule has 0 saturated carbocycles. The zero-order valence-electron chi connectivity index (χ0n) is 5.39. The molecule has 1 aromatic rings. The van der Waals surface area contributed by atoms with Gasteiger partial charge in [-0.05, 0) is 34.3 Å². The van der Waals surface area contributed by atoms with Gasteiger partial charge in [0.1, 0.15) is 0 Å². The Labute approximate surface area is 67.5 Å². The van der Waals surface area contributed by atoms with E-state index < -0.39 is 0 Å². The summed E-state index contributed by atoms with van der Waals surface area (Å²) in [6, 6.07) is 2.06. The average molecular weight is 209 g/mol. The van der Waals surface area contributed by atoms with Crippen LogP contribution in [0.5, 0.6) is 0 Å². The van der Waals surface area contributed by atoms with Crippen LogP contribution in [-0.4, -0.2) is 12.2 Å². The second-order valence-electron chi connectivity index (χ2n) is 1.32. The van der Waals surface area contributed by atoms with Crippen molar-refractivity contribution < 1.29 is 5.11 Å². The molecule has 3 heteroatoms. The van der Waals surface area contributed by atoms with Gasteiger partial charge >= 0.3 is 0 Å². The van der Waals surface area contributed by atoms with Crippen LogP contribution in [-0.2, 0) is 0 Å². The summed E-state index contributed by atoms with van der Waals surface area (Å²) in [5, 5.41) is 9.07. The molecular formula is C6H9BrOS. The van der Waals surface area contributed by atoms with E-state index in [2.05, 4.69) is 34.3 Å². The van der Waals surface area contributed by atoms with E-state index in [0.717, 1.165) is 7.11 Å². The second kappa shape index (κ2) is 4.97. The van der Waals surface area contributed by atoms with E-state index in [4.69, 9.17) is 5.11 Å². The van der Waals surface area contributed by atoms with Gasteiger partial charge in [-0.3, -0.25) is 0 Å². The summed E-state index contributed by atoms with van der Waals surface area (Å²) in [6.07, 6.45) is 0. The minimum Gasteiger partial charge on any atom is -0.400 e. The number of aryl methyl sites for hydroxylation is 1. The molecule has 0 bridgehead atoms. The molecular weight excluding hydrogens is 200 g/mol. The Hall–Kier alpha value is 0.140. The van der Waals surface area contributed by atoms with Gasteiger partial charge in [0.15, 0.2) is 0 Å². The SMILES string of the molecule is CO.Cc1sccc1Br. The van der Waals surface area contributed by atoms with Crippen molar-refractivity contribution in [2.45, 2.75) is 6.92 Å². The number of rotatable bonds is 0. The van der Waals surface area contributed by atoms with Crippen molar-refractivity contribution in [3.05, 3.63) is 20.8 Å². The Morgan fingerprint density at radius 1 is 1.56 bits per heavy atom. The lowest BCUT2D eigenvalue weighted by Gasteiger charge is -1.77. The first-order valence-corrected chi connectivity index (χ1v) is 4.12. The van der Waals surface area contributed by atoms with E-state index in [1.165, 1.54) is 9.35 Å². The first kappa shape index (κ1) is 9.14. The third-order valence-corrected chi connectivity index (χ3v) is 2.76. The van der Waals surface area contributed by atoms with Crippen LogP contribution in [0.4, 0.5) is 0 Å². The number of thiophene rings is 1. The van der Waals surface area contributed by atoms with Crippen LogP contribution in [0.3, 0.4) is 0 Å². The Morgan fingerprint density at radius 3 is 2.22 bits per heavy atom. The molecule has 0 aromatic carbocycles. The number of aliphatic hydroxyl groups excluding tert-OH is 1. The quantitative estimate of drug-likeness (QED) is 0.695. The zero-order chi connectivity index (χ0) is 7.28. The van der Waals surface area contributed by atoms with Crippen molar-refractivity contribution in [3.8, 4) is 0 Å². The van der Waals surface area contributed by atoms with Gasteiger partial charge < -0.3 is 5.11 Å². The molecule has 1 heterocycles. The summed E-state index contributed by atoms with van der Waals surface area (Å²) in [6.45, 7) is 2.09. The first-order chi connectivity index (χ1) is 4.30. The van der Waals surface area contributed by atoms with Crippen molar-refractivity contribution in [3.63, 3.8) is 0 Å². The third kappa shape index (κ3) is 2.98. The van der Waals surface area contributed by atoms with Crippen LogP contribution in [0.1, 0.15) is 4.88 Å². The van der Waals surface area contributed by atoms with E-state index in [9.17, 15) is 0 Å². The molecule has 0 spiro atoms. The third-order valence-electron chi connectivity index (χ3n) is 0.796. The maximum atomic E-state index is 7.00. The Kier molecular flexibility index (Phi) is 5.04. The van der Waals surface area contributed by atoms with E-state index in [-0.39, 0.29) is 0 Å². The first-order valence-electron chi connectivity index (χ1n) is 2.45. The molecule has 52 valence electrons. The van der Waals surface area contributed by atoms with Gasteiger partial charge in [0.05, 0.1) is 0 Å². The summed E-state index contributed by atoms with van der Waals surface area (Å²) < 4.78 is 1.22. The monoisotopic (exact) mass is 208 g/mol. The maximum Gasteiger partial charge on any atom is 0.0319 e. The van der Waals surface area contributed by atoms with Crippen molar-refractivity contribution in [1.29, 1.82) is 0 Å². The number of halogens is 1. The number of hydrogen-bond donors (Lipinski definition) is 1. The van der Waals surface area contributed by atoms with Gasteiger partial charge in [0.2, 0.25) is 0 Å². The molecule has 0 saturated heterocycles. The van der Waals surface area contributed by atoms with Crippen molar-refractivity contribution in [1.82, 2.24) is 0 Å². The lowest BCUT2D eigenvalue weighted by atomic mass is 10.5. The summed E-state index contributed by atoms with van der Waals surface area (Å²) in [5.74, 6) is 0. The van der Waals surface area contributed by atoms with Gasteiger partial charge in [-0.2, -0.15) is 0 Å². The fourth-order valence-corrected chi connectivity index (χ4v) is 1.55. The van der Waals surface area contributed by atoms with Gasteiger partial charge in [-0.25, -0.2) is 0 Å². The van der Waals surface area contributed by atoms with Gasteiger partial charge in [-0.1, -0.05) is 0 Å². The Bertz CT molecular complexity index is 145. The fraction of sp³-hybridized carbons (Fsp3) is 0.333. The molecule has 0 fully saturated rings. The van der Waals surface area contributed by atoms with E-state index >= 15 is 0 Å². The molecule has 0 unspecified atom stereocenters. The molecule has 9 heavy (non-hydrogen) atoms. The van der Waals surface area contributed by atoms with Crippen LogP contribution >= 0.6 is 27.3 Å². The molecule has 0 aliphatic rings. The smallest absolute Gasteiger partial charge is 0.0319 e. The van der Waals surface area contributed by atoms with Crippen LogP contribution < -0.4 is 0 Å². The summed E-state index contributed by atoms with van der Waals surface area (Å²) in [4.78, 5) is 1.35. The highest BCUT2D eigenvalue weighted by molar-refractivity contribution is 9.10. The van der Waals surface area contributed by atoms with Crippen LogP contribution in [0, 0.1) is 6.92 Å². The molecule has 0 aliphatic carbocycles. The predicted molar refractivity (Wildman–Crippen MR) is 44.9 cm³/mol. The minimum absolute atomic E-state index is 1.00. The van der Waals surface area contributed by atoms with Gasteiger partial charge in [0, 0.05) is 16.5 Å². The summed E-state index contributed by atoms with van der Waals surface area (Å²) >= 11 is 5.13. The van der Waals surface area contributed by atoms with Crippen molar-refractivity contribution in [2.24, 2.45) is 0 Å². The van der Waals surface area contributed by atoms with Gasteiger partial charge in [-0.15, -0.1) is 11.3 Å². The molecule has 1 N–H and O–H groups in total. The predicted octanol–water partition coefficient (Wildman–Crippen LogP) is 2.43. The lowest BCUT2D eigenvalue weighted by Crippen LogP contribution is -1.53. The largest absolute Gasteiger partial charge is 0.400 e. The molecule has 1 aromatic heterocycles. The Balaban J connectivity index is 0.000000291. The molecule has 0 amide bonds. The molecule has 0 atom stereocenters. The number of hydrogen-bond acceptors (Lipinski definition) is 2. The topological polar surface area (TPSA) is 20.2 Å².